The first-order valence-corrected chi connectivity index (χ1v) is 7.99. The van der Waals surface area contributed by atoms with E-state index in [0.29, 0.717) is 16.0 Å². The Kier molecular flexibility index (Phi) is 3.05. The molecule has 108 valence electrons. The molecular weight excluding hydrogens is 320 g/mol. The largest absolute Gasteiger partial charge is 0.462 e. The highest BCUT2D eigenvalue weighted by Crippen LogP contribution is 2.31. The van der Waals surface area contributed by atoms with E-state index in [1.165, 1.54) is 28.1 Å². The van der Waals surface area contributed by atoms with Crippen LogP contribution in [0.25, 0.3) is 6.08 Å². The van der Waals surface area contributed by atoms with E-state index in [4.69, 9.17) is 9.83 Å². The standard InChI is InChI=1S/C14H8N4O2S2/c15-11-9(7-8-3-2-6-21-8)12(19)16-14-18(11)17-13(22-14)10-4-1-5-20-10/h1-7,15H/b9-7-,15-11?. The number of hydrogen-bond acceptors (Lipinski definition) is 6. The number of carbonyl (C=O) groups is 1. The molecule has 0 radical (unpaired) electrons. The number of nitrogens with one attached hydrogen (secondary N) is 1. The van der Waals surface area contributed by atoms with Crippen molar-refractivity contribution in [3.05, 3.63) is 52.1 Å². The lowest BCUT2D eigenvalue weighted by atomic mass is 10.1. The van der Waals surface area contributed by atoms with Crippen molar-refractivity contribution in [1.82, 2.24) is 5.01 Å². The number of hydrazone groups is 1. The fourth-order valence-electron chi connectivity index (χ4n) is 2.01. The van der Waals surface area contributed by atoms with E-state index in [-0.39, 0.29) is 11.4 Å². The molecule has 0 fully saturated rings. The van der Waals surface area contributed by atoms with E-state index in [2.05, 4.69) is 10.1 Å². The summed E-state index contributed by atoms with van der Waals surface area (Å²) >= 11 is 2.71. The molecule has 2 aliphatic heterocycles. The van der Waals surface area contributed by atoms with Crippen LogP contribution >= 0.6 is 23.1 Å². The summed E-state index contributed by atoms with van der Waals surface area (Å²) in [5.41, 5.74) is 0.233. The maximum Gasteiger partial charge on any atom is 0.283 e. The molecule has 0 saturated heterocycles. The van der Waals surface area contributed by atoms with Crippen molar-refractivity contribution in [2.75, 3.05) is 0 Å². The minimum atomic E-state index is -0.423. The van der Waals surface area contributed by atoms with Gasteiger partial charge in [0.2, 0.25) is 5.17 Å². The highest BCUT2D eigenvalue weighted by molar-refractivity contribution is 8.27. The van der Waals surface area contributed by atoms with E-state index >= 15 is 0 Å². The molecule has 0 bridgehead atoms. The summed E-state index contributed by atoms with van der Waals surface area (Å²) in [6, 6.07) is 7.31. The van der Waals surface area contributed by atoms with Crippen LogP contribution in [0.4, 0.5) is 0 Å². The lowest BCUT2D eigenvalue weighted by Gasteiger charge is -2.19. The van der Waals surface area contributed by atoms with Gasteiger partial charge in [0, 0.05) is 4.88 Å². The number of nitrogens with zero attached hydrogens (tertiary/aromatic N) is 3. The Morgan fingerprint density at radius 3 is 2.95 bits per heavy atom. The smallest absolute Gasteiger partial charge is 0.283 e. The van der Waals surface area contributed by atoms with E-state index in [9.17, 15) is 4.79 Å². The van der Waals surface area contributed by atoms with E-state index < -0.39 is 5.91 Å². The van der Waals surface area contributed by atoms with E-state index in [1.54, 1.807) is 24.5 Å². The molecule has 0 saturated carbocycles. The van der Waals surface area contributed by atoms with Crippen molar-refractivity contribution in [3.63, 3.8) is 0 Å². The van der Waals surface area contributed by atoms with Crippen molar-refractivity contribution in [1.29, 1.82) is 5.41 Å². The number of fused-ring (bicyclic) bond motifs is 1. The number of amidine groups is 2. The average Bonchev–Trinajstić information content (AvgIpc) is 3.23. The van der Waals surface area contributed by atoms with Crippen molar-refractivity contribution >= 4 is 51.1 Å². The van der Waals surface area contributed by atoms with Gasteiger partial charge >= 0.3 is 0 Å². The molecule has 0 atom stereocenters. The first-order chi connectivity index (χ1) is 10.7. The molecule has 0 aromatic carbocycles. The van der Waals surface area contributed by atoms with E-state index in [1.807, 2.05) is 17.5 Å². The fraction of sp³-hybridized carbons (Fsp3) is 0. The zero-order valence-electron chi connectivity index (χ0n) is 11.0. The number of thiophene rings is 1. The zero-order chi connectivity index (χ0) is 15.1. The van der Waals surface area contributed by atoms with Gasteiger partial charge in [0.05, 0.1) is 11.8 Å². The Bertz CT molecular complexity index is 848. The average molecular weight is 328 g/mol. The minimum absolute atomic E-state index is 0.0254. The Morgan fingerprint density at radius 1 is 1.32 bits per heavy atom. The predicted molar refractivity (Wildman–Crippen MR) is 87.1 cm³/mol. The van der Waals surface area contributed by atoms with Crippen molar-refractivity contribution in [2.45, 2.75) is 0 Å². The summed E-state index contributed by atoms with van der Waals surface area (Å²) < 4.78 is 5.30. The lowest BCUT2D eigenvalue weighted by molar-refractivity contribution is -0.114. The van der Waals surface area contributed by atoms with Gasteiger partial charge in [-0.25, -0.2) is 0 Å². The summed E-state index contributed by atoms with van der Waals surface area (Å²) in [4.78, 5) is 17.1. The van der Waals surface area contributed by atoms with Crippen molar-refractivity contribution in [2.24, 2.45) is 10.1 Å². The van der Waals surface area contributed by atoms with Gasteiger partial charge in [0.1, 0.15) is 0 Å². The maximum atomic E-state index is 12.2. The molecule has 4 heterocycles. The van der Waals surface area contributed by atoms with Gasteiger partial charge in [-0.05, 0) is 41.4 Å². The van der Waals surface area contributed by atoms with Crippen LogP contribution in [0.2, 0.25) is 0 Å². The molecule has 6 nitrogen and oxygen atoms in total. The summed E-state index contributed by atoms with van der Waals surface area (Å²) in [7, 11) is 0. The number of furan rings is 1. The zero-order valence-corrected chi connectivity index (χ0v) is 12.6. The van der Waals surface area contributed by atoms with Crippen LogP contribution in [-0.2, 0) is 4.79 Å². The van der Waals surface area contributed by atoms with E-state index in [0.717, 1.165) is 4.88 Å². The second kappa shape index (κ2) is 5.08. The molecule has 2 aliphatic rings. The van der Waals surface area contributed by atoms with Crippen LogP contribution in [-0.4, -0.2) is 27.0 Å². The van der Waals surface area contributed by atoms with Gasteiger partial charge in [-0.1, -0.05) is 6.07 Å². The normalized spacial score (nSPS) is 19.5. The summed E-state index contributed by atoms with van der Waals surface area (Å²) in [6.45, 7) is 0. The molecule has 1 N–H and O–H groups in total. The molecular formula is C14H8N4O2S2. The van der Waals surface area contributed by atoms with Crippen LogP contribution in [0.5, 0.6) is 0 Å². The number of carbonyl (C=O) groups excluding carboxylic acids is 1. The molecule has 1 amide bonds. The number of aliphatic imine (C=N–C) groups is 1. The van der Waals surface area contributed by atoms with Crippen LogP contribution in [0, 0.1) is 5.41 Å². The predicted octanol–water partition coefficient (Wildman–Crippen LogP) is 3.01. The first kappa shape index (κ1) is 13.2. The van der Waals surface area contributed by atoms with Gasteiger partial charge in [0.15, 0.2) is 16.6 Å². The van der Waals surface area contributed by atoms with Crippen LogP contribution < -0.4 is 0 Å². The lowest BCUT2D eigenvalue weighted by Crippen LogP contribution is -2.35. The third kappa shape index (κ3) is 2.13. The van der Waals surface area contributed by atoms with Crippen LogP contribution in [0.1, 0.15) is 10.6 Å². The summed E-state index contributed by atoms with van der Waals surface area (Å²) in [6.07, 6.45) is 3.22. The molecule has 2 aromatic heterocycles. The third-order valence-electron chi connectivity index (χ3n) is 3.02. The maximum absolute atomic E-state index is 12.2. The highest BCUT2D eigenvalue weighted by Gasteiger charge is 2.36. The Hall–Kier alpha value is -2.45. The topological polar surface area (TPSA) is 82.0 Å². The second-order valence-corrected chi connectivity index (χ2v) is 6.35. The Labute approximate surface area is 133 Å². The molecule has 4 rings (SSSR count). The molecule has 2 aromatic rings. The van der Waals surface area contributed by atoms with Crippen LogP contribution in [0.15, 0.2) is 56.0 Å². The SMILES string of the molecule is N=C1/C(=C/c2cccs2)C(=O)N=C2SC(c3ccco3)=NN12. The highest BCUT2D eigenvalue weighted by atomic mass is 32.2. The Balaban J connectivity index is 1.72. The summed E-state index contributed by atoms with van der Waals surface area (Å²) in [5, 5.41) is 16.8. The quantitative estimate of drug-likeness (QED) is 0.859. The van der Waals surface area contributed by atoms with Gasteiger partial charge in [-0.3, -0.25) is 10.2 Å². The van der Waals surface area contributed by atoms with Gasteiger partial charge in [-0.2, -0.15) is 15.1 Å². The minimum Gasteiger partial charge on any atom is -0.462 e. The molecule has 0 spiro atoms. The van der Waals surface area contributed by atoms with Crippen molar-refractivity contribution < 1.29 is 9.21 Å². The molecule has 8 heteroatoms. The molecule has 22 heavy (non-hydrogen) atoms. The number of amides is 1. The summed E-state index contributed by atoms with van der Waals surface area (Å²) in [5.74, 6) is 0.191. The third-order valence-corrected chi connectivity index (χ3v) is 4.76. The monoisotopic (exact) mass is 328 g/mol. The Morgan fingerprint density at radius 2 is 2.23 bits per heavy atom. The van der Waals surface area contributed by atoms with Crippen molar-refractivity contribution in [3.8, 4) is 0 Å². The number of thioether (sulfide) groups is 1. The fourth-order valence-corrected chi connectivity index (χ4v) is 3.52. The number of rotatable bonds is 2. The van der Waals surface area contributed by atoms with Crippen LogP contribution in [0.3, 0.4) is 0 Å². The number of hydrogen-bond donors (Lipinski definition) is 1. The second-order valence-electron chi connectivity index (χ2n) is 4.42. The molecule has 0 unspecified atom stereocenters. The first-order valence-electron chi connectivity index (χ1n) is 6.30. The van der Waals surface area contributed by atoms with Gasteiger partial charge < -0.3 is 4.42 Å². The van der Waals surface area contributed by atoms with Gasteiger partial charge in [0.25, 0.3) is 5.91 Å². The van der Waals surface area contributed by atoms with Gasteiger partial charge in [-0.15, -0.1) is 11.3 Å². The molecule has 0 aliphatic carbocycles.